The topological polar surface area (TPSA) is 109 Å². The van der Waals surface area contributed by atoms with Gasteiger partial charge in [0.2, 0.25) is 0 Å². The van der Waals surface area contributed by atoms with Gasteiger partial charge in [-0.25, -0.2) is 0 Å². The minimum absolute atomic E-state index is 0.446. The summed E-state index contributed by atoms with van der Waals surface area (Å²) in [5.74, 6) is 0.674. The lowest BCUT2D eigenvalue weighted by atomic mass is 10.3. The van der Waals surface area contributed by atoms with E-state index in [4.69, 9.17) is 48.4 Å². The first kappa shape index (κ1) is 30.5. The lowest BCUT2D eigenvalue weighted by molar-refractivity contribution is -0.0233. The van der Waals surface area contributed by atoms with Gasteiger partial charge in [-0.2, -0.15) is 0 Å². The zero-order chi connectivity index (χ0) is 24.4. The van der Waals surface area contributed by atoms with E-state index in [0.717, 1.165) is 0 Å². The van der Waals surface area contributed by atoms with Crippen molar-refractivity contribution in [2.45, 2.75) is 6.92 Å². The van der Waals surface area contributed by atoms with E-state index in [1.54, 1.807) is 6.07 Å². The molecule has 0 atom stereocenters. The second-order valence-corrected chi connectivity index (χ2v) is 6.87. The first-order valence-corrected chi connectivity index (χ1v) is 11.9. The third-order valence-electron chi connectivity index (χ3n) is 4.21. The first-order chi connectivity index (χ1) is 16.8. The molecule has 0 radical (unpaired) electrons. The minimum Gasteiger partial charge on any atom is -0.489 e. The molecule has 1 aromatic carbocycles. The van der Waals surface area contributed by atoms with Crippen LogP contribution in [0.5, 0.6) is 5.75 Å². The summed E-state index contributed by atoms with van der Waals surface area (Å²) in [6.45, 7) is 11.2. The highest BCUT2D eigenvalue weighted by atomic mass is 16.6. The van der Waals surface area contributed by atoms with Gasteiger partial charge >= 0.3 is 0 Å². The fraction of sp³-hybridized carbons (Fsp3) is 0.750. The Kier molecular flexibility index (Phi) is 22.1. The molecule has 1 aromatic rings. The second-order valence-electron chi connectivity index (χ2n) is 6.87. The molecule has 198 valence electrons. The van der Waals surface area contributed by atoms with Crippen molar-refractivity contribution in [1.82, 2.24) is 0 Å². The summed E-state index contributed by atoms with van der Waals surface area (Å²) in [4.78, 5) is 0. The largest absolute Gasteiger partial charge is 0.489 e. The van der Waals surface area contributed by atoms with Crippen molar-refractivity contribution in [3.63, 3.8) is 0 Å². The van der Waals surface area contributed by atoms with Crippen molar-refractivity contribution in [3.05, 3.63) is 24.3 Å². The molecule has 0 saturated heterocycles. The maximum atomic E-state index is 5.80. The number of nitrogens with two attached hydrogens (primary N) is 1. The molecule has 0 heterocycles. The van der Waals surface area contributed by atoms with Gasteiger partial charge in [0.05, 0.1) is 105 Å². The Morgan fingerprint density at radius 2 is 0.794 bits per heavy atom. The van der Waals surface area contributed by atoms with E-state index in [0.29, 0.717) is 124 Å². The molecule has 0 bridgehead atoms. The molecule has 10 heteroatoms. The van der Waals surface area contributed by atoms with E-state index in [1.165, 1.54) is 0 Å². The van der Waals surface area contributed by atoms with Gasteiger partial charge in [0, 0.05) is 6.61 Å². The van der Waals surface area contributed by atoms with Crippen LogP contribution in [0.2, 0.25) is 0 Å². The lowest BCUT2D eigenvalue weighted by Crippen LogP contribution is -2.15. The smallest absolute Gasteiger partial charge is 0.142 e. The monoisotopic (exact) mass is 489 g/mol. The molecular weight excluding hydrogens is 446 g/mol. The van der Waals surface area contributed by atoms with Crippen LogP contribution >= 0.6 is 0 Å². The van der Waals surface area contributed by atoms with Gasteiger partial charge < -0.3 is 48.4 Å². The SMILES string of the molecule is CCOCCOCCOCCOCCOCCOCCOCCOCCOc1ccccc1N. The Morgan fingerprint density at radius 1 is 0.471 bits per heavy atom. The van der Waals surface area contributed by atoms with Crippen molar-refractivity contribution >= 4 is 5.69 Å². The molecule has 0 aliphatic carbocycles. The average molecular weight is 490 g/mol. The van der Waals surface area contributed by atoms with Gasteiger partial charge in [0.15, 0.2) is 0 Å². The van der Waals surface area contributed by atoms with Gasteiger partial charge in [-0.15, -0.1) is 0 Å². The number of hydrogen-bond donors (Lipinski definition) is 1. The molecule has 0 saturated carbocycles. The molecular formula is C24H43NO9. The fourth-order valence-corrected chi connectivity index (χ4v) is 2.51. The fourth-order valence-electron chi connectivity index (χ4n) is 2.51. The molecule has 2 N–H and O–H groups in total. The molecule has 0 aromatic heterocycles. The van der Waals surface area contributed by atoms with E-state index in [-0.39, 0.29) is 0 Å². The molecule has 0 amide bonds. The molecule has 34 heavy (non-hydrogen) atoms. The molecule has 0 unspecified atom stereocenters. The minimum atomic E-state index is 0.446. The van der Waals surface area contributed by atoms with E-state index in [1.807, 2.05) is 25.1 Å². The number of ether oxygens (including phenoxy) is 9. The summed E-state index contributed by atoms with van der Waals surface area (Å²) in [7, 11) is 0. The van der Waals surface area contributed by atoms with Crippen LogP contribution in [-0.2, 0) is 37.9 Å². The first-order valence-electron chi connectivity index (χ1n) is 11.9. The van der Waals surface area contributed by atoms with E-state index < -0.39 is 0 Å². The molecule has 0 spiro atoms. The van der Waals surface area contributed by atoms with Crippen molar-refractivity contribution in [2.75, 3.05) is 118 Å². The van der Waals surface area contributed by atoms with E-state index in [2.05, 4.69) is 0 Å². The number of benzene rings is 1. The number of nitrogen functional groups attached to an aromatic ring is 1. The van der Waals surface area contributed by atoms with Crippen molar-refractivity contribution in [1.29, 1.82) is 0 Å². The predicted molar refractivity (Wildman–Crippen MR) is 129 cm³/mol. The number of anilines is 1. The highest BCUT2D eigenvalue weighted by Crippen LogP contribution is 2.19. The third-order valence-corrected chi connectivity index (χ3v) is 4.21. The molecule has 1 rings (SSSR count). The predicted octanol–water partition coefficient (Wildman–Crippen LogP) is 1.80. The Balaban J connectivity index is 1.67. The quantitative estimate of drug-likeness (QED) is 0.153. The third kappa shape index (κ3) is 19.9. The van der Waals surface area contributed by atoms with Crippen LogP contribution in [0.25, 0.3) is 0 Å². The van der Waals surface area contributed by atoms with Crippen LogP contribution < -0.4 is 10.5 Å². The summed E-state index contributed by atoms with van der Waals surface area (Å²) in [6.07, 6.45) is 0. The molecule has 10 nitrogen and oxygen atoms in total. The maximum Gasteiger partial charge on any atom is 0.142 e. The Bertz CT molecular complexity index is 551. The summed E-state index contributed by atoms with van der Waals surface area (Å²) in [5.41, 5.74) is 6.42. The molecule has 0 fully saturated rings. The van der Waals surface area contributed by atoms with Crippen LogP contribution in [0.1, 0.15) is 6.92 Å². The maximum absolute atomic E-state index is 5.80. The van der Waals surface area contributed by atoms with E-state index >= 15 is 0 Å². The van der Waals surface area contributed by atoms with Crippen LogP contribution in [-0.4, -0.2) is 112 Å². The molecule has 0 aliphatic rings. The van der Waals surface area contributed by atoms with Gasteiger partial charge in [-0.3, -0.25) is 0 Å². The highest BCUT2D eigenvalue weighted by molar-refractivity contribution is 5.51. The normalized spacial score (nSPS) is 11.2. The Morgan fingerprint density at radius 3 is 1.15 bits per heavy atom. The van der Waals surface area contributed by atoms with Crippen molar-refractivity contribution in [3.8, 4) is 5.75 Å². The van der Waals surface area contributed by atoms with E-state index in [9.17, 15) is 0 Å². The van der Waals surface area contributed by atoms with Crippen LogP contribution in [0.3, 0.4) is 0 Å². The molecule has 0 aliphatic heterocycles. The number of para-hydroxylation sites is 2. The van der Waals surface area contributed by atoms with Crippen molar-refractivity contribution < 1.29 is 42.6 Å². The standard InChI is InChI=1S/C24H43NO9/c1-2-26-7-8-27-9-10-28-11-12-29-13-14-30-15-16-31-17-18-32-19-20-33-21-22-34-24-6-4-3-5-23(24)25/h3-6H,2,7-22,25H2,1H3. The highest BCUT2D eigenvalue weighted by Gasteiger charge is 1.98. The number of hydrogen-bond acceptors (Lipinski definition) is 10. The zero-order valence-corrected chi connectivity index (χ0v) is 20.6. The Hall–Kier alpha value is -1.50. The average Bonchev–Trinajstić information content (AvgIpc) is 2.85. The summed E-state index contributed by atoms with van der Waals surface area (Å²) < 4.78 is 48.7. The summed E-state index contributed by atoms with van der Waals surface area (Å²) in [5, 5.41) is 0. The van der Waals surface area contributed by atoms with Gasteiger partial charge in [-0.1, -0.05) is 12.1 Å². The van der Waals surface area contributed by atoms with Crippen LogP contribution in [0.4, 0.5) is 5.69 Å². The lowest BCUT2D eigenvalue weighted by Gasteiger charge is -2.09. The van der Waals surface area contributed by atoms with Gasteiger partial charge in [-0.05, 0) is 19.1 Å². The van der Waals surface area contributed by atoms with Gasteiger partial charge in [0.1, 0.15) is 12.4 Å². The zero-order valence-electron chi connectivity index (χ0n) is 20.6. The summed E-state index contributed by atoms with van der Waals surface area (Å²) in [6, 6.07) is 7.39. The second kappa shape index (κ2) is 24.6. The van der Waals surface area contributed by atoms with Crippen LogP contribution in [0.15, 0.2) is 24.3 Å². The summed E-state index contributed by atoms with van der Waals surface area (Å²) >= 11 is 0. The number of rotatable bonds is 26. The van der Waals surface area contributed by atoms with Crippen molar-refractivity contribution in [2.24, 2.45) is 0 Å². The Labute approximate surface area is 203 Å². The van der Waals surface area contributed by atoms with Crippen LogP contribution in [0, 0.1) is 0 Å². The van der Waals surface area contributed by atoms with Gasteiger partial charge in [0.25, 0.3) is 0 Å².